The van der Waals surface area contributed by atoms with Crippen LogP contribution in [0.3, 0.4) is 0 Å². The first-order valence-corrected chi connectivity index (χ1v) is 8.90. The Balaban J connectivity index is 1.71. The molecule has 0 bridgehead atoms. The Kier molecular flexibility index (Phi) is 3.47. The van der Waals surface area contributed by atoms with Crippen LogP contribution in [0.4, 0.5) is 0 Å². The number of benzene rings is 4. The average Bonchev–Trinajstić information content (AvgIpc) is 3.09. The lowest BCUT2D eigenvalue weighted by Crippen LogP contribution is -1.84. The van der Waals surface area contributed by atoms with Gasteiger partial charge in [0.1, 0.15) is 0 Å². The lowest BCUT2D eigenvalue weighted by molar-refractivity contribution is 0.555. The highest BCUT2D eigenvalue weighted by Gasteiger charge is 2.14. The van der Waals surface area contributed by atoms with E-state index in [1.807, 2.05) is 24.3 Å². The summed E-state index contributed by atoms with van der Waals surface area (Å²) in [6.07, 6.45) is 0. The quantitative estimate of drug-likeness (QED) is 0.347. The summed E-state index contributed by atoms with van der Waals surface area (Å²) in [6.45, 7) is 0. The van der Waals surface area contributed by atoms with Crippen LogP contribution in [0.15, 0.2) is 89.3 Å². The minimum Gasteiger partial charge on any atom is -0.429 e. The Hall–Kier alpha value is -3.17. The molecule has 0 atom stereocenters. The number of aromatic nitrogens is 1. The zero-order chi connectivity index (χ0) is 17.5. The third kappa shape index (κ3) is 2.54. The highest BCUT2D eigenvalue weighted by atomic mass is 32.1. The molecule has 0 unspecified atom stereocenters. The van der Waals surface area contributed by atoms with Gasteiger partial charge in [-0.05, 0) is 45.9 Å². The first-order valence-electron chi connectivity index (χ1n) is 8.49. The van der Waals surface area contributed by atoms with E-state index < -0.39 is 0 Å². The molecule has 5 rings (SSSR count). The van der Waals surface area contributed by atoms with E-state index in [1.165, 1.54) is 21.5 Å². The molecule has 5 aromatic rings. The fourth-order valence-electron chi connectivity index (χ4n) is 3.41. The van der Waals surface area contributed by atoms with Crippen molar-refractivity contribution in [1.82, 2.24) is 4.98 Å². The fourth-order valence-corrected chi connectivity index (χ4v) is 3.60. The number of oxazole rings is 1. The molecule has 124 valence electrons. The smallest absolute Gasteiger partial charge is 0.266 e. The number of hydrogen-bond acceptors (Lipinski definition) is 2. The fraction of sp³-hybridized carbons (Fsp3) is 0. The van der Waals surface area contributed by atoms with Gasteiger partial charge in [-0.1, -0.05) is 72.8 Å². The van der Waals surface area contributed by atoms with Crippen molar-refractivity contribution in [2.75, 3.05) is 0 Å². The van der Waals surface area contributed by atoms with Crippen LogP contribution in [0.5, 0.6) is 0 Å². The molecule has 3 heteroatoms. The summed E-state index contributed by atoms with van der Waals surface area (Å²) in [5.74, 6) is 0.774. The predicted octanol–water partition coefficient (Wildman–Crippen LogP) is 6.98. The number of H-pyrrole nitrogens is 1. The van der Waals surface area contributed by atoms with Gasteiger partial charge in [-0.25, -0.2) is 0 Å². The molecule has 0 amide bonds. The van der Waals surface area contributed by atoms with Crippen LogP contribution in [-0.4, -0.2) is 4.98 Å². The van der Waals surface area contributed by atoms with Gasteiger partial charge in [0.15, 0.2) is 5.76 Å². The third-order valence-electron chi connectivity index (χ3n) is 4.70. The Labute approximate surface area is 155 Å². The highest BCUT2D eigenvalue weighted by molar-refractivity contribution is 7.71. The van der Waals surface area contributed by atoms with Crippen molar-refractivity contribution in [3.8, 4) is 22.6 Å². The zero-order valence-corrected chi connectivity index (χ0v) is 14.7. The van der Waals surface area contributed by atoms with Gasteiger partial charge < -0.3 is 9.40 Å². The molecule has 2 nitrogen and oxygen atoms in total. The van der Waals surface area contributed by atoms with E-state index in [0.29, 0.717) is 4.84 Å². The van der Waals surface area contributed by atoms with Crippen LogP contribution in [0.25, 0.3) is 44.1 Å². The Morgan fingerprint density at radius 2 is 1.15 bits per heavy atom. The predicted molar refractivity (Wildman–Crippen MR) is 110 cm³/mol. The van der Waals surface area contributed by atoms with Gasteiger partial charge >= 0.3 is 0 Å². The molecule has 0 fully saturated rings. The highest BCUT2D eigenvalue weighted by Crippen LogP contribution is 2.34. The van der Waals surface area contributed by atoms with Crippen molar-refractivity contribution < 1.29 is 4.42 Å². The molecule has 0 aliphatic carbocycles. The number of rotatable bonds is 2. The maximum absolute atomic E-state index is 5.88. The van der Waals surface area contributed by atoms with Crippen molar-refractivity contribution in [1.29, 1.82) is 0 Å². The molecule has 1 N–H and O–H groups in total. The molecule has 0 radical (unpaired) electrons. The average molecular weight is 353 g/mol. The summed E-state index contributed by atoms with van der Waals surface area (Å²) >= 11 is 5.29. The van der Waals surface area contributed by atoms with Crippen molar-refractivity contribution in [2.45, 2.75) is 0 Å². The minimum absolute atomic E-state index is 0.385. The Morgan fingerprint density at radius 3 is 1.81 bits per heavy atom. The van der Waals surface area contributed by atoms with E-state index in [4.69, 9.17) is 16.6 Å². The molecule has 1 heterocycles. The van der Waals surface area contributed by atoms with Crippen molar-refractivity contribution in [3.05, 3.63) is 89.8 Å². The Morgan fingerprint density at radius 1 is 0.615 bits per heavy atom. The molecule has 0 saturated heterocycles. The second kappa shape index (κ2) is 5.97. The largest absolute Gasteiger partial charge is 0.429 e. The summed E-state index contributed by atoms with van der Waals surface area (Å²) in [6, 6.07) is 29.3. The maximum Gasteiger partial charge on any atom is 0.266 e. The van der Waals surface area contributed by atoms with Crippen LogP contribution < -0.4 is 0 Å². The van der Waals surface area contributed by atoms with Crippen molar-refractivity contribution in [2.24, 2.45) is 0 Å². The number of nitrogens with one attached hydrogen (secondary N) is 1. The maximum atomic E-state index is 5.88. The second-order valence-electron chi connectivity index (χ2n) is 6.34. The van der Waals surface area contributed by atoms with Crippen LogP contribution in [0.2, 0.25) is 0 Å². The molecule has 0 aliphatic heterocycles. The lowest BCUT2D eigenvalue weighted by Gasteiger charge is -2.06. The molecule has 26 heavy (non-hydrogen) atoms. The Bertz CT molecular complexity index is 1210. The number of fused-ring (bicyclic) bond motifs is 2. The van der Waals surface area contributed by atoms with Gasteiger partial charge in [-0.2, -0.15) is 0 Å². The van der Waals surface area contributed by atoms with Crippen molar-refractivity contribution >= 4 is 33.8 Å². The van der Waals surface area contributed by atoms with Crippen LogP contribution in [-0.2, 0) is 0 Å². The van der Waals surface area contributed by atoms with Gasteiger partial charge in [0.2, 0.25) is 0 Å². The summed E-state index contributed by atoms with van der Waals surface area (Å²) in [4.78, 5) is 3.61. The summed E-state index contributed by atoms with van der Waals surface area (Å²) < 4.78 is 5.88. The van der Waals surface area contributed by atoms with Crippen LogP contribution in [0.1, 0.15) is 0 Å². The van der Waals surface area contributed by atoms with Gasteiger partial charge in [-0.15, -0.1) is 0 Å². The summed E-state index contributed by atoms with van der Waals surface area (Å²) in [5, 5.41) is 4.79. The third-order valence-corrected chi connectivity index (χ3v) is 4.88. The van der Waals surface area contributed by atoms with E-state index in [-0.39, 0.29) is 0 Å². The van der Waals surface area contributed by atoms with E-state index in [9.17, 15) is 0 Å². The van der Waals surface area contributed by atoms with E-state index in [1.54, 1.807) is 0 Å². The van der Waals surface area contributed by atoms with Crippen LogP contribution in [0, 0.1) is 4.84 Å². The standard InChI is InChI=1S/C23H15NOS/c26-23-24-21(19-11-9-15-5-1-3-7-17(15)13-19)22(25-23)20-12-10-16-6-2-4-8-18(16)14-20/h1-14H,(H,24,26). The second-order valence-corrected chi connectivity index (χ2v) is 6.71. The molecular formula is C23H15NOS. The first-order chi connectivity index (χ1) is 12.8. The zero-order valence-electron chi connectivity index (χ0n) is 13.9. The minimum atomic E-state index is 0.385. The molecule has 4 aromatic carbocycles. The molecule has 0 spiro atoms. The topological polar surface area (TPSA) is 28.9 Å². The molecule has 0 aliphatic rings. The molecule has 0 saturated carbocycles. The van der Waals surface area contributed by atoms with E-state index in [0.717, 1.165) is 22.6 Å². The van der Waals surface area contributed by atoms with E-state index in [2.05, 4.69) is 65.6 Å². The molecule has 1 aromatic heterocycles. The van der Waals surface area contributed by atoms with Gasteiger partial charge in [0, 0.05) is 11.1 Å². The summed E-state index contributed by atoms with van der Waals surface area (Å²) in [5.41, 5.74) is 2.99. The van der Waals surface area contributed by atoms with Gasteiger partial charge in [0.05, 0.1) is 5.69 Å². The van der Waals surface area contributed by atoms with Crippen molar-refractivity contribution in [3.63, 3.8) is 0 Å². The molecular weight excluding hydrogens is 338 g/mol. The van der Waals surface area contributed by atoms with Crippen LogP contribution >= 0.6 is 12.2 Å². The van der Waals surface area contributed by atoms with Gasteiger partial charge in [-0.3, -0.25) is 0 Å². The SMILES string of the molecule is S=c1[nH]c(-c2ccc3ccccc3c2)c(-c2ccc3ccccc3c2)o1. The number of hydrogen-bond donors (Lipinski definition) is 1. The van der Waals surface area contributed by atoms with E-state index >= 15 is 0 Å². The number of aromatic amines is 1. The monoisotopic (exact) mass is 353 g/mol. The van der Waals surface area contributed by atoms with Gasteiger partial charge in [0.25, 0.3) is 4.84 Å². The summed E-state index contributed by atoms with van der Waals surface area (Å²) in [7, 11) is 0. The lowest BCUT2D eigenvalue weighted by atomic mass is 10.0. The normalized spacial score (nSPS) is 11.2. The first kappa shape index (κ1) is 15.1.